The van der Waals surface area contributed by atoms with Crippen molar-refractivity contribution in [3.63, 3.8) is 0 Å². The van der Waals surface area contributed by atoms with Crippen LogP contribution in [-0.4, -0.2) is 29.2 Å². The number of aromatic nitrogens is 2. The van der Waals surface area contributed by atoms with Crippen molar-refractivity contribution in [3.8, 4) is 11.5 Å². The van der Waals surface area contributed by atoms with E-state index >= 15 is 0 Å². The van der Waals surface area contributed by atoms with Gasteiger partial charge in [-0.15, -0.1) is 0 Å². The molecule has 0 radical (unpaired) electrons. The quantitative estimate of drug-likeness (QED) is 0.604. The van der Waals surface area contributed by atoms with E-state index in [1.54, 1.807) is 12.1 Å². The summed E-state index contributed by atoms with van der Waals surface area (Å²) in [6, 6.07) is 7.22. The number of halogens is 3. The van der Waals surface area contributed by atoms with Gasteiger partial charge < -0.3 is 25.1 Å². The minimum Gasteiger partial charge on any atom is -0.486 e. The van der Waals surface area contributed by atoms with E-state index in [9.17, 15) is 13.2 Å². The smallest absolute Gasteiger partial charge is 0.418 e. The minimum absolute atomic E-state index is 0.0552. The van der Waals surface area contributed by atoms with Gasteiger partial charge in [0.15, 0.2) is 11.5 Å². The molecule has 0 amide bonds. The summed E-state index contributed by atoms with van der Waals surface area (Å²) in [5.74, 6) is 1.59. The molecule has 0 bridgehead atoms. The lowest BCUT2D eigenvalue weighted by Gasteiger charge is -2.21. The molecule has 2 aliphatic rings. The number of rotatable bonds is 4. The third kappa shape index (κ3) is 3.06. The summed E-state index contributed by atoms with van der Waals surface area (Å²) in [6.45, 7) is 0.900. The molecule has 2 aromatic heterocycles. The molecule has 3 heterocycles. The van der Waals surface area contributed by atoms with E-state index in [4.69, 9.17) is 9.47 Å². The van der Waals surface area contributed by atoms with Gasteiger partial charge in [0.2, 0.25) is 0 Å². The molecule has 28 heavy (non-hydrogen) atoms. The van der Waals surface area contributed by atoms with E-state index in [0.29, 0.717) is 41.9 Å². The number of benzene rings is 1. The fourth-order valence-corrected chi connectivity index (χ4v) is 3.29. The van der Waals surface area contributed by atoms with Crippen LogP contribution in [0.15, 0.2) is 30.5 Å². The normalized spacial score (nSPS) is 16.2. The first-order valence-corrected chi connectivity index (χ1v) is 9.00. The molecular weight excluding hydrogens is 373 g/mol. The van der Waals surface area contributed by atoms with Crippen LogP contribution in [0, 0.1) is 0 Å². The molecule has 5 rings (SSSR count). The van der Waals surface area contributed by atoms with Gasteiger partial charge in [-0.2, -0.15) is 13.2 Å². The lowest BCUT2D eigenvalue weighted by molar-refractivity contribution is -0.136. The predicted molar refractivity (Wildman–Crippen MR) is 98.5 cm³/mol. The van der Waals surface area contributed by atoms with E-state index in [-0.39, 0.29) is 17.1 Å². The van der Waals surface area contributed by atoms with Crippen molar-refractivity contribution < 1.29 is 22.6 Å². The van der Waals surface area contributed by atoms with Crippen LogP contribution in [0.4, 0.5) is 30.4 Å². The molecule has 0 spiro atoms. The number of pyridine rings is 1. The van der Waals surface area contributed by atoms with Crippen LogP contribution in [0.25, 0.3) is 11.0 Å². The summed E-state index contributed by atoms with van der Waals surface area (Å²) in [5, 5.41) is 6.39. The van der Waals surface area contributed by atoms with E-state index in [1.807, 2.05) is 12.1 Å². The van der Waals surface area contributed by atoms with Crippen LogP contribution < -0.4 is 20.1 Å². The maximum absolute atomic E-state index is 13.4. The Balaban J connectivity index is 1.57. The maximum atomic E-state index is 13.4. The van der Waals surface area contributed by atoms with Crippen LogP contribution in [-0.2, 0) is 6.18 Å². The molecule has 1 aromatic carbocycles. The topological polar surface area (TPSA) is 71.2 Å². The monoisotopic (exact) mass is 390 g/mol. The van der Waals surface area contributed by atoms with Gasteiger partial charge in [0.05, 0.1) is 16.6 Å². The predicted octanol–water partition coefficient (Wildman–Crippen LogP) is 4.67. The van der Waals surface area contributed by atoms with Crippen molar-refractivity contribution in [2.45, 2.75) is 25.1 Å². The number of fused-ring (bicyclic) bond motifs is 2. The summed E-state index contributed by atoms with van der Waals surface area (Å²) in [5.41, 5.74) is 0.496. The highest BCUT2D eigenvalue weighted by Gasteiger charge is 2.36. The van der Waals surface area contributed by atoms with E-state index in [0.717, 1.165) is 19.0 Å². The van der Waals surface area contributed by atoms with Gasteiger partial charge in [-0.1, -0.05) is 6.07 Å². The molecule has 0 atom stereocenters. The van der Waals surface area contributed by atoms with Crippen LogP contribution >= 0.6 is 0 Å². The standard InChI is InChI=1S/C19H17F3N4O2/c20-19(21,22)11-9-23-18-16(11)13(24-10-4-5-10)8-15(26-18)25-12-2-1-3-14-17(12)28-7-6-27-14/h1-3,8-10H,4-7H2,(H3,23,24,25,26). The van der Waals surface area contributed by atoms with Gasteiger partial charge in [0, 0.05) is 24.0 Å². The Kier molecular flexibility index (Phi) is 3.78. The molecule has 3 N–H and O–H groups in total. The first kappa shape index (κ1) is 17.0. The van der Waals surface area contributed by atoms with E-state index in [2.05, 4.69) is 20.6 Å². The second kappa shape index (κ2) is 6.22. The molecular formula is C19H17F3N4O2. The molecule has 0 unspecified atom stereocenters. The maximum Gasteiger partial charge on any atom is 0.418 e. The third-order valence-electron chi connectivity index (χ3n) is 4.71. The molecule has 1 saturated carbocycles. The molecule has 0 saturated heterocycles. The van der Waals surface area contributed by atoms with Crippen molar-refractivity contribution in [3.05, 3.63) is 36.0 Å². The Bertz CT molecular complexity index is 1040. The number of aromatic amines is 1. The average Bonchev–Trinajstić information content (AvgIpc) is 3.36. The van der Waals surface area contributed by atoms with Crippen LogP contribution in [0.2, 0.25) is 0 Å². The van der Waals surface area contributed by atoms with Crippen LogP contribution in [0.1, 0.15) is 18.4 Å². The highest BCUT2D eigenvalue weighted by molar-refractivity contribution is 5.95. The van der Waals surface area contributed by atoms with Gasteiger partial charge in [0.25, 0.3) is 0 Å². The third-order valence-corrected chi connectivity index (χ3v) is 4.71. The zero-order chi connectivity index (χ0) is 19.3. The van der Waals surface area contributed by atoms with Crippen molar-refractivity contribution in [2.75, 3.05) is 23.8 Å². The van der Waals surface area contributed by atoms with Gasteiger partial charge in [-0.25, -0.2) is 4.98 Å². The molecule has 1 aliphatic heterocycles. The highest BCUT2D eigenvalue weighted by atomic mass is 19.4. The molecule has 9 heteroatoms. The number of anilines is 3. The molecule has 6 nitrogen and oxygen atoms in total. The average molecular weight is 390 g/mol. The Morgan fingerprint density at radius 1 is 1.11 bits per heavy atom. The lowest BCUT2D eigenvalue weighted by atomic mass is 10.1. The van der Waals surface area contributed by atoms with Crippen molar-refractivity contribution in [1.82, 2.24) is 9.97 Å². The summed E-state index contributed by atoms with van der Waals surface area (Å²) in [6.07, 6.45) is -1.62. The summed E-state index contributed by atoms with van der Waals surface area (Å²) >= 11 is 0. The zero-order valence-corrected chi connectivity index (χ0v) is 14.7. The van der Waals surface area contributed by atoms with Gasteiger partial charge in [0.1, 0.15) is 24.7 Å². The number of hydrogen-bond donors (Lipinski definition) is 3. The van der Waals surface area contributed by atoms with E-state index < -0.39 is 11.7 Å². The second-order valence-electron chi connectivity index (χ2n) is 6.85. The summed E-state index contributed by atoms with van der Waals surface area (Å²) < 4.78 is 51.4. The van der Waals surface area contributed by atoms with Gasteiger partial charge in [-0.05, 0) is 25.0 Å². The van der Waals surface area contributed by atoms with Crippen molar-refractivity contribution >= 4 is 28.2 Å². The minimum atomic E-state index is -4.46. The lowest BCUT2D eigenvalue weighted by Crippen LogP contribution is -2.16. The number of nitrogens with one attached hydrogen (secondary N) is 3. The fraction of sp³-hybridized carbons (Fsp3) is 0.316. The Morgan fingerprint density at radius 3 is 2.71 bits per heavy atom. The van der Waals surface area contributed by atoms with Crippen molar-refractivity contribution in [1.29, 1.82) is 0 Å². The van der Waals surface area contributed by atoms with Crippen LogP contribution in [0.5, 0.6) is 11.5 Å². The number of alkyl halides is 3. The first-order chi connectivity index (χ1) is 13.5. The SMILES string of the molecule is FC(F)(F)c1c[nH]c2nc(Nc3cccc4c3OCCO4)cc(NC3CC3)c12. The van der Waals surface area contributed by atoms with E-state index in [1.165, 1.54) is 0 Å². The summed E-state index contributed by atoms with van der Waals surface area (Å²) in [4.78, 5) is 6.99. The fourth-order valence-electron chi connectivity index (χ4n) is 3.29. The van der Waals surface area contributed by atoms with Crippen LogP contribution in [0.3, 0.4) is 0 Å². The Labute approximate surface area is 158 Å². The molecule has 3 aromatic rings. The molecule has 146 valence electrons. The second-order valence-corrected chi connectivity index (χ2v) is 6.85. The number of hydrogen-bond acceptors (Lipinski definition) is 5. The summed E-state index contributed by atoms with van der Waals surface area (Å²) in [7, 11) is 0. The first-order valence-electron chi connectivity index (χ1n) is 9.00. The number of H-pyrrole nitrogens is 1. The zero-order valence-electron chi connectivity index (χ0n) is 14.7. The largest absolute Gasteiger partial charge is 0.486 e. The molecule has 1 fully saturated rings. The molecule has 1 aliphatic carbocycles. The number of ether oxygens (including phenoxy) is 2. The van der Waals surface area contributed by atoms with Gasteiger partial charge >= 0.3 is 6.18 Å². The van der Waals surface area contributed by atoms with Gasteiger partial charge in [-0.3, -0.25) is 0 Å². The number of para-hydroxylation sites is 1. The Hall–Kier alpha value is -3.10. The highest BCUT2D eigenvalue weighted by Crippen LogP contribution is 2.42. The Morgan fingerprint density at radius 2 is 1.93 bits per heavy atom. The number of nitrogens with zero attached hydrogens (tertiary/aromatic N) is 1. The van der Waals surface area contributed by atoms with Crippen molar-refractivity contribution in [2.24, 2.45) is 0 Å².